The molecule has 0 spiro atoms. The summed E-state index contributed by atoms with van der Waals surface area (Å²) in [4.78, 5) is 12.1. The number of nitrogens with zero attached hydrogens (tertiary/aromatic N) is 3. The SMILES string of the molecule is CC1(C)CN=C(SCC2=CSC3=NC4CCCCC4CN23)N1. The molecule has 0 radical (unpaired) electrons. The highest BCUT2D eigenvalue weighted by molar-refractivity contribution is 8.17. The summed E-state index contributed by atoms with van der Waals surface area (Å²) in [7, 11) is 0. The minimum Gasteiger partial charge on any atom is -0.358 e. The maximum atomic E-state index is 5.02. The molecular formula is C16H24N4S2. The van der Waals surface area contributed by atoms with E-state index in [1.165, 1.54) is 43.1 Å². The predicted molar refractivity (Wildman–Crippen MR) is 97.5 cm³/mol. The zero-order chi connectivity index (χ0) is 15.2. The van der Waals surface area contributed by atoms with Crippen LogP contribution in [0.5, 0.6) is 0 Å². The van der Waals surface area contributed by atoms with E-state index in [0.717, 1.165) is 23.4 Å². The smallest absolute Gasteiger partial charge is 0.168 e. The van der Waals surface area contributed by atoms with Crippen LogP contribution in [0.2, 0.25) is 0 Å². The molecule has 1 saturated carbocycles. The normalized spacial score (nSPS) is 32.6. The molecule has 0 amide bonds. The van der Waals surface area contributed by atoms with Crippen LogP contribution in [0.3, 0.4) is 0 Å². The van der Waals surface area contributed by atoms with E-state index in [2.05, 4.69) is 34.5 Å². The number of aliphatic imine (C=N–C) groups is 2. The quantitative estimate of drug-likeness (QED) is 0.840. The number of nitrogens with one attached hydrogen (secondary N) is 1. The van der Waals surface area contributed by atoms with Crippen LogP contribution >= 0.6 is 23.5 Å². The van der Waals surface area contributed by atoms with Gasteiger partial charge in [-0.3, -0.25) is 9.98 Å². The highest BCUT2D eigenvalue weighted by Crippen LogP contribution is 2.38. The van der Waals surface area contributed by atoms with Crippen molar-refractivity contribution in [2.24, 2.45) is 15.9 Å². The highest BCUT2D eigenvalue weighted by Gasteiger charge is 2.36. The average Bonchev–Trinajstić information content (AvgIpc) is 3.05. The molecule has 22 heavy (non-hydrogen) atoms. The Kier molecular flexibility index (Phi) is 3.93. The van der Waals surface area contributed by atoms with Gasteiger partial charge in [0.15, 0.2) is 10.3 Å². The van der Waals surface area contributed by atoms with Gasteiger partial charge in [-0.2, -0.15) is 0 Å². The monoisotopic (exact) mass is 336 g/mol. The predicted octanol–water partition coefficient (Wildman–Crippen LogP) is 3.28. The van der Waals surface area contributed by atoms with Crippen LogP contribution in [0.25, 0.3) is 0 Å². The lowest BCUT2D eigenvalue weighted by molar-refractivity contribution is 0.248. The van der Waals surface area contributed by atoms with E-state index in [0.29, 0.717) is 6.04 Å². The molecule has 6 heteroatoms. The standard InChI is InChI=1S/C16H24N4S2/c1-16(2)10-17-14(19-16)21-8-12-9-22-15-18-13-6-4-3-5-11(13)7-20(12)15/h9,11,13H,3-8,10H2,1-2H3,(H,17,19). The number of hydrogen-bond donors (Lipinski definition) is 1. The van der Waals surface area contributed by atoms with Crippen molar-refractivity contribution in [3.63, 3.8) is 0 Å². The van der Waals surface area contributed by atoms with Crippen molar-refractivity contribution in [1.82, 2.24) is 10.2 Å². The molecule has 2 atom stereocenters. The molecule has 0 aromatic heterocycles. The molecule has 4 rings (SSSR count). The Hall–Kier alpha value is -0.620. The Morgan fingerprint density at radius 2 is 2.27 bits per heavy atom. The maximum Gasteiger partial charge on any atom is 0.168 e. The molecule has 1 aliphatic carbocycles. The fourth-order valence-corrected chi connectivity index (χ4v) is 5.69. The van der Waals surface area contributed by atoms with Crippen LogP contribution in [0.4, 0.5) is 0 Å². The van der Waals surface area contributed by atoms with Crippen LogP contribution in [0.1, 0.15) is 39.5 Å². The van der Waals surface area contributed by atoms with E-state index in [1.54, 1.807) is 0 Å². The van der Waals surface area contributed by atoms with Gasteiger partial charge in [-0.1, -0.05) is 36.4 Å². The second-order valence-corrected chi connectivity index (χ2v) is 9.08. The van der Waals surface area contributed by atoms with Crippen LogP contribution in [-0.2, 0) is 0 Å². The van der Waals surface area contributed by atoms with Crippen LogP contribution in [0.15, 0.2) is 21.1 Å². The molecule has 0 aromatic carbocycles. The van der Waals surface area contributed by atoms with Gasteiger partial charge in [0.2, 0.25) is 0 Å². The first-order valence-electron chi connectivity index (χ1n) is 8.27. The van der Waals surface area contributed by atoms with E-state index in [-0.39, 0.29) is 5.54 Å². The van der Waals surface area contributed by atoms with E-state index < -0.39 is 0 Å². The van der Waals surface area contributed by atoms with Crippen LogP contribution in [0, 0.1) is 5.92 Å². The second-order valence-electron chi connectivity index (χ2n) is 7.28. The molecular weight excluding hydrogens is 312 g/mol. The van der Waals surface area contributed by atoms with Crippen molar-refractivity contribution < 1.29 is 0 Å². The van der Waals surface area contributed by atoms with Crippen molar-refractivity contribution in [2.45, 2.75) is 51.1 Å². The molecule has 4 aliphatic rings. The lowest BCUT2D eigenvalue weighted by Crippen LogP contribution is -2.42. The van der Waals surface area contributed by atoms with Gasteiger partial charge in [-0.15, -0.1) is 0 Å². The fraction of sp³-hybridized carbons (Fsp3) is 0.750. The van der Waals surface area contributed by atoms with Crippen molar-refractivity contribution in [2.75, 3.05) is 18.8 Å². The number of fused-ring (bicyclic) bond motifs is 2. The van der Waals surface area contributed by atoms with Gasteiger partial charge in [0, 0.05) is 18.0 Å². The third-order valence-corrected chi connectivity index (χ3v) is 6.73. The Balaban J connectivity index is 1.38. The zero-order valence-corrected chi connectivity index (χ0v) is 15.0. The largest absolute Gasteiger partial charge is 0.358 e. The first-order valence-corrected chi connectivity index (χ1v) is 10.1. The van der Waals surface area contributed by atoms with E-state index >= 15 is 0 Å². The van der Waals surface area contributed by atoms with Gasteiger partial charge < -0.3 is 10.2 Å². The third kappa shape index (κ3) is 2.92. The zero-order valence-electron chi connectivity index (χ0n) is 13.3. The van der Waals surface area contributed by atoms with Gasteiger partial charge in [0.25, 0.3) is 0 Å². The Labute approximate surface area is 141 Å². The molecule has 4 nitrogen and oxygen atoms in total. The molecule has 0 bridgehead atoms. The number of thioether (sulfide) groups is 2. The van der Waals surface area contributed by atoms with Gasteiger partial charge >= 0.3 is 0 Å². The first kappa shape index (κ1) is 14.9. The molecule has 0 aromatic rings. The minimum atomic E-state index is 0.119. The summed E-state index contributed by atoms with van der Waals surface area (Å²) < 4.78 is 0. The summed E-state index contributed by atoms with van der Waals surface area (Å²) in [6.07, 6.45) is 5.39. The number of hydrogen-bond acceptors (Lipinski definition) is 6. The van der Waals surface area contributed by atoms with Crippen LogP contribution in [-0.4, -0.2) is 45.7 Å². The fourth-order valence-electron chi connectivity index (χ4n) is 3.59. The van der Waals surface area contributed by atoms with E-state index in [9.17, 15) is 0 Å². The van der Waals surface area contributed by atoms with E-state index in [4.69, 9.17) is 4.99 Å². The molecule has 120 valence electrons. The molecule has 3 aliphatic heterocycles. The maximum absolute atomic E-state index is 5.02. The summed E-state index contributed by atoms with van der Waals surface area (Å²) in [5, 5.41) is 8.13. The van der Waals surface area contributed by atoms with Gasteiger partial charge in [-0.25, -0.2) is 0 Å². The van der Waals surface area contributed by atoms with Gasteiger partial charge in [0.05, 0.1) is 18.1 Å². The third-order valence-electron chi connectivity index (χ3n) is 4.86. The number of amidine groups is 2. The Morgan fingerprint density at radius 1 is 1.41 bits per heavy atom. The second kappa shape index (κ2) is 5.78. The van der Waals surface area contributed by atoms with Gasteiger partial charge in [-0.05, 0) is 38.0 Å². The minimum absolute atomic E-state index is 0.119. The Bertz CT molecular complexity index is 552. The van der Waals surface area contributed by atoms with Crippen molar-refractivity contribution in [3.8, 4) is 0 Å². The van der Waals surface area contributed by atoms with Crippen molar-refractivity contribution in [1.29, 1.82) is 0 Å². The summed E-state index contributed by atoms with van der Waals surface area (Å²) in [5.74, 6) is 1.76. The molecule has 1 fully saturated rings. The van der Waals surface area contributed by atoms with Gasteiger partial charge in [0.1, 0.15) is 0 Å². The number of rotatable bonds is 2. The summed E-state index contributed by atoms with van der Waals surface area (Å²) in [6, 6.07) is 0.592. The highest BCUT2D eigenvalue weighted by atomic mass is 32.2. The topological polar surface area (TPSA) is 40.0 Å². The Morgan fingerprint density at radius 3 is 3.09 bits per heavy atom. The molecule has 2 unspecified atom stereocenters. The van der Waals surface area contributed by atoms with Crippen LogP contribution < -0.4 is 5.32 Å². The molecule has 3 heterocycles. The average molecular weight is 337 g/mol. The summed E-state index contributed by atoms with van der Waals surface area (Å²) in [5.41, 5.74) is 1.53. The molecule has 0 saturated heterocycles. The van der Waals surface area contributed by atoms with Crippen molar-refractivity contribution in [3.05, 3.63) is 11.1 Å². The lowest BCUT2D eigenvalue weighted by Gasteiger charge is -2.38. The van der Waals surface area contributed by atoms with Crippen molar-refractivity contribution >= 4 is 33.9 Å². The molecule has 1 N–H and O–H groups in total. The first-order chi connectivity index (χ1) is 10.6. The summed E-state index contributed by atoms with van der Waals surface area (Å²) >= 11 is 3.64. The van der Waals surface area contributed by atoms with E-state index in [1.807, 2.05) is 23.5 Å². The summed E-state index contributed by atoms with van der Waals surface area (Å²) in [6.45, 7) is 6.46. The lowest BCUT2D eigenvalue weighted by atomic mass is 9.84.